The van der Waals surface area contributed by atoms with Crippen molar-refractivity contribution < 1.29 is 28.6 Å². The molecule has 0 unspecified atom stereocenters. The third-order valence-corrected chi connectivity index (χ3v) is 6.34. The third-order valence-electron chi connectivity index (χ3n) is 6.34. The number of esters is 2. The predicted octanol–water partition coefficient (Wildman–Crippen LogP) is 2.91. The number of nitrogens with two attached hydrogens (primary N) is 1. The van der Waals surface area contributed by atoms with Gasteiger partial charge in [-0.1, -0.05) is 18.2 Å². The first-order valence-corrected chi connectivity index (χ1v) is 11.9. The van der Waals surface area contributed by atoms with Crippen molar-refractivity contribution in [1.82, 2.24) is 5.32 Å². The van der Waals surface area contributed by atoms with Gasteiger partial charge < -0.3 is 25.3 Å². The lowest BCUT2D eigenvalue weighted by molar-refractivity contribution is -0.173. The number of carbonyl (C=O) groups excluding carboxylic acids is 3. The maximum atomic E-state index is 12.3. The maximum absolute atomic E-state index is 12.3. The van der Waals surface area contributed by atoms with Crippen molar-refractivity contribution in [2.75, 3.05) is 13.4 Å². The van der Waals surface area contributed by atoms with Crippen LogP contribution in [0.25, 0.3) is 11.1 Å². The minimum Gasteiger partial charge on any atom is -0.491 e. The molecule has 0 saturated carbocycles. The summed E-state index contributed by atoms with van der Waals surface area (Å²) in [4.78, 5) is 36.1. The van der Waals surface area contributed by atoms with Crippen molar-refractivity contribution in [1.29, 1.82) is 5.41 Å². The zero-order valence-electron chi connectivity index (χ0n) is 20.7. The molecule has 1 aliphatic heterocycles. The number of fused-ring (bicyclic) bond motifs is 3. The van der Waals surface area contributed by atoms with E-state index in [-0.39, 0.29) is 30.8 Å². The molecule has 0 bridgehead atoms. The first kappa shape index (κ1) is 25.2. The Morgan fingerprint density at radius 3 is 2.47 bits per heavy atom. The predicted molar refractivity (Wildman–Crippen MR) is 132 cm³/mol. The van der Waals surface area contributed by atoms with Crippen LogP contribution in [0.4, 0.5) is 0 Å². The second-order valence-corrected chi connectivity index (χ2v) is 10.3. The van der Waals surface area contributed by atoms with E-state index in [0.29, 0.717) is 17.7 Å². The Balaban J connectivity index is 1.25. The molecule has 4 N–H and O–H groups in total. The zero-order chi connectivity index (χ0) is 26.0. The van der Waals surface area contributed by atoms with Crippen LogP contribution in [0.3, 0.4) is 0 Å². The average Bonchev–Trinajstić information content (AvgIpc) is 3.35. The van der Waals surface area contributed by atoms with Crippen molar-refractivity contribution in [2.45, 2.75) is 46.1 Å². The Hall–Kier alpha value is -3.88. The SMILES string of the molecule is CC(C)(C)C(=O)OCOC(=O)C[C@@H]1C[C@@H](COc2ccc3c(c2)Cc2cc(C(=N)N)ccc2-3)NC1=O. The number of nitrogens with one attached hydrogen (secondary N) is 2. The van der Waals surface area contributed by atoms with Crippen molar-refractivity contribution in [2.24, 2.45) is 17.1 Å². The lowest BCUT2D eigenvalue weighted by Crippen LogP contribution is -2.31. The number of ether oxygens (including phenoxy) is 3. The van der Waals surface area contributed by atoms with Crippen LogP contribution in [0.5, 0.6) is 5.75 Å². The molecule has 9 nitrogen and oxygen atoms in total. The van der Waals surface area contributed by atoms with Gasteiger partial charge in [0.05, 0.1) is 23.8 Å². The molecule has 1 heterocycles. The van der Waals surface area contributed by atoms with Crippen molar-refractivity contribution in [3.63, 3.8) is 0 Å². The molecule has 2 aromatic carbocycles. The Bertz CT molecular complexity index is 1220. The van der Waals surface area contributed by atoms with E-state index in [2.05, 4.69) is 5.32 Å². The fraction of sp³-hybridized carbons (Fsp3) is 0.407. The van der Waals surface area contributed by atoms with Gasteiger partial charge in [0.25, 0.3) is 0 Å². The van der Waals surface area contributed by atoms with E-state index in [1.807, 2.05) is 36.4 Å². The highest BCUT2D eigenvalue weighted by atomic mass is 16.7. The second kappa shape index (κ2) is 10.0. The number of nitrogen functional groups attached to an aromatic ring is 1. The number of amides is 1. The molecule has 1 aliphatic carbocycles. The number of amidine groups is 1. The molecule has 0 radical (unpaired) electrons. The van der Waals surface area contributed by atoms with E-state index in [0.717, 1.165) is 28.7 Å². The minimum atomic E-state index is -0.688. The Kier molecular flexibility index (Phi) is 7.01. The summed E-state index contributed by atoms with van der Waals surface area (Å²) in [5, 5.41) is 10.5. The van der Waals surface area contributed by atoms with E-state index in [1.165, 1.54) is 0 Å². The molecule has 36 heavy (non-hydrogen) atoms. The van der Waals surface area contributed by atoms with Gasteiger partial charge in [0, 0.05) is 5.56 Å². The standard InChI is InChI=1S/C27H31N3O6/c1-27(2,3)26(33)36-14-35-23(31)12-18-10-19(30-25(18)32)13-34-20-5-7-22-17(11-20)9-16-8-15(24(28)29)4-6-21(16)22/h4-8,11,18-19H,9-10,12-14H2,1-3H3,(H3,28,29)(H,30,32)/t18-,19-/m0/s1. The molecule has 0 spiro atoms. The van der Waals surface area contributed by atoms with Gasteiger partial charge in [-0.05, 0) is 74.1 Å². The minimum absolute atomic E-state index is 0.0481. The van der Waals surface area contributed by atoms with Gasteiger partial charge in [-0.15, -0.1) is 0 Å². The van der Waals surface area contributed by atoms with Crippen LogP contribution in [0.15, 0.2) is 36.4 Å². The van der Waals surface area contributed by atoms with Crippen LogP contribution >= 0.6 is 0 Å². The fourth-order valence-electron chi connectivity index (χ4n) is 4.38. The number of carbonyl (C=O) groups is 3. The largest absolute Gasteiger partial charge is 0.491 e. The molecule has 1 saturated heterocycles. The van der Waals surface area contributed by atoms with Crippen molar-refractivity contribution in [3.05, 3.63) is 53.1 Å². The highest BCUT2D eigenvalue weighted by Gasteiger charge is 2.34. The van der Waals surface area contributed by atoms with Gasteiger partial charge >= 0.3 is 11.9 Å². The summed E-state index contributed by atoms with van der Waals surface area (Å²) in [5.74, 6) is -1.06. The second-order valence-electron chi connectivity index (χ2n) is 10.3. The smallest absolute Gasteiger partial charge is 0.314 e. The van der Waals surface area contributed by atoms with Crippen LogP contribution in [-0.4, -0.2) is 43.1 Å². The van der Waals surface area contributed by atoms with Crippen molar-refractivity contribution in [3.8, 4) is 16.9 Å². The topological polar surface area (TPSA) is 141 Å². The molecule has 190 valence electrons. The summed E-state index contributed by atoms with van der Waals surface area (Å²) in [6, 6.07) is 11.5. The lowest BCUT2D eigenvalue weighted by Gasteiger charge is -2.16. The summed E-state index contributed by atoms with van der Waals surface area (Å²) in [7, 11) is 0. The quantitative estimate of drug-likeness (QED) is 0.190. The van der Waals surface area contributed by atoms with Gasteiger partial charge in [-0.3, -0.25) is 19.8 Å². The Morgan fingerprint density at radius 2 is 1.78 bits per heavy atom. The first-order valence-electron chi connectivity index (χ1n) is 11.9. The summed E-state index contributed by atoms with van der Waals surface area (Å²) in [5.41, 5.74) is 10.2. The van der Waals surface area contributed by atoms with Gasteiger partial charge in [0.15, 0.2) is 0 Å². The zero-order valence-corrected chi connectivity index (χ0v) is 20.7. The van der Waals surface area contributed by atoms with E-state index in [1.54, 1.807) is 20.8 Å². The van der Waals surface area contributed by atoms with Crippen LogP contribution in [-0.2, 0) is 30.3 Å². The van der Waals surface area contributed by atoms with E-state index in [4.69, 9.17) is 25.4 Å². The highest BCUT2D eigenvalue weighted by molar-refractivity contribution is 5.96. The van der Waals surface area contributed by atoms with Crippen LogP contribution in [0.1, 0.15) is 50.3 Å². The molecule has 1 fully saturated rings. The average molecular weight is 494 g/mol. The van der Waals surface area contributed by atoms with Gasteiger partial charge in [0.2, 0.25) is 12.7 Å². The van der Waals surface area contributed by atoms with Crippen LogP contribution < -0.4 is 15.8 Å². The third kappa shape index (κ3) is 5.67. The van der Waals surface area contributed by atoms with E-state index >= 15 is 0 Å². The molecule has 2 aromatic rings. The molecule has 0 aromatic heterocycles. The van der Waals surface area contributed by atoms with Gasteiger partial charge in [0.1, 0.15) is 18.2 Å². The summed E-state index contributed by atoms with van der Waals surface area (Å²) in [6.45, 7) is 4.92. The lowest BCUT2D eigenvalue weighted by atomic mass is 9.98. The Labute approximate surface area is 209 Å². The molecule has 9 heteroatoms. The number of hydrogen-bond acceptors (Lipinski definition) is 7. The van der Waals surface area contributed by atoms with Crippen LogP contribution in [0.2, 0.25) is 0 Å². The van der Waals surface area contributed by atoms with Crippen molar-refractivity contribution >= 4 is 23.7 Å². The highest BCUT2D eigenvalue weighted by Crippen LogP contribution is 2.38. The molecule has 4 rings (SSSR count). The maximum Gasteiger partial charge on any atom is 0.314 e. The summed E-state index contributed by atoms with van der Waals surface area (Å²) < 4.78 is 15.8. The molecule has 1 amide bonds. The van der Waals surface area contributed by atoms with E-state index in [9.17, 15) is 14.4 Å². The molecule has 2 atom stereocenters. The summed E-state index contributed by atoms with van der Waals surface area (Å²) >= 11 is 0. The summed E-state index contributed by atoms with van der Waals surface area (Å²) in [6.07, 6.45) is 1.09. The number of hydrogen-bond donors (Lipinski definition) is 3. The Morgan fingerprint density at radius 1 is 1.08 bits per heavy atom. The molecular formula is C27H31N3O6. The van der Waals surface area contributed by atoms with Gasteiger partial charge in [-0.25, -0.2) is 0 Å². The van der Waals surface area contributed by atoms with Crippen LogP contribution in [0, 0.1) is 16.7 Å². The monoisotopic (exact) mass is 493 g/mol. The normalized spacial score (nSPS) is 18.1. The number of rotatable bonds is 8. The van der Waals surface area contributed by atoms with E-state index < -0.39 is 30.1 Å². The van der Waals surface area contributed by atoms with Gasteiger partial charge in [-0.2, -0.15) is 0 Å². The fourth-order valence-corrected chi connectivity index (χ4v) is 4.38. The first-order chi connectivity index (χ1) is 17.0. The molecule has 2 aliphatic rings. The number of benzene rings is 2. The molecular weight excluding hydrogens is 462 g/mol.